The molecule has 5 aromatic rings. The third-order valence-corrected chi connectivity index (χ3v) is 6.45. The standard InChI is InChI=1S/C26H23N5S.ClH/c27-21(14-18-6-2-1-3-7-18)16-29-26-30-17-22(25(31-26)19-10-12-28-13-11-19)24-15-20-8-4-5-9-23(20)32-24;/h1-13,15,17,21H,14,16,27H2,(H,29,30,31);1H. The van der Waals surface area contributed by atoms with E-state index in [2.05, 4.69) is 57.7 Å². The lowest BCUT2D eigenvalue weighted by Crippen LogP contribution is -2.31. The molecule has 5 nitrogen and oxygen atoms in total. The molecule has 0 saturated carbocycles. The van der Waals surface area contributed by atoms with Gasteiger partial charge in [0.15, 0.2) is 0 Å². The van der Waals surface area contributed by atoms with Crippen LogP contribution < -0.4 is 11.1 Å². The van der Waals surface area contributed by atoms with E-state index in [1.165, 1.54) is 15.6 Å². The highest BCUT2D eigenvalue weighted by molar-refractivity contribution is 7.22. The van der Waals surface area contributed by atoms with Crippen LogP contribution in [0.2, 0.25) is 0 Å². The van der Waals surface area contributed by atoms with Crippen LogP contribution in [0, 0.1) is 0 Å². The van der Waals surface area contributed by atoms with E-state index in [1.54, 1.807) is 23.7 Å². The molecule has 0 amide bonds. The van der Waals surface area contributed by atoms with Crippen LogP contribution in [0.1, 0.15) is 5.56 Å². The van der Waals surface area contributed by atoms with Crippen molar-refractivity contribution in [2.24, 2.45) is 5.73 Å². The normalized spacial score (nSPS) is 11.7. The number of thiophene rings is 1. The predicted molar refractivity (Wildman–Crippen MR) is 140 cm³/mol. The molecule has 3 aromatic heterocycles. The molecule has 0 aliphatic heterocycles. The van der Waals surface area contributed by atoms with Crippen molar-refractivity contribution < 1.29 is 0 Å². The van der Waals surface area contributed by atoms with Crippen LogP contribution in [0.3, 0.4) is 0 Å². The first-order valence-corrected chi connectivity index (χ1v) is 11.4. The zero-order valence-corrected chi connectivity index (χ0v) is 19.5. The lowest BCUT2D eigenvalue weighted by molar-refractivity contribution is 0.696. The summed E-state index contributed by atoms with van der Waals surface area (Å²) in [5.41, 5.74) is 10.5. The van der Waals surface area contributed by atoms with Gasteiger partial charge in [-0.15, -0.1) is 23.7 Å². The third-order valence-electron chi connectivity index (χ3n) is 5.30. The van der Waals surface area contributed by atoms with Crippen LogP contribution in [0.25, 0.3) is 31.8 Å². The second-order valence-corrected chi connectivity index (χ2v) is 8.75. The molecule has 1 atom stereocenters. The van der Waals surface area contributed by atoms with Crippen molar-refractivity contribution in [3.63, 3.8) is 0 Å². The average Bonchev–Trinajstić information content (AvgIpc) is 3.28. The molecule has 5 rings (SSSR count). The van der Waals surface area contributed by atoms with Crippen molar-refractivity contribution in [1.82, 2.24) is 15.0 Å². The van der Waals surface area contributed by atoms with Crippen molar-refractivity contribution >= 4 is 39.8 Å². The Kier molecular flexibility index (Phi) is 7.29. The first-order valence-electron chi connectivity index (χ1n) is 10.6. The van der Waals surface area contributed by atoms with E-state index in [9.17, 15) is 0 Å². The zero-order valence-electron chi connectivity index (χ0n) is 17.9. The second kappa shape index (κ2) is 10.5. The van der Waals surface area contributed by atoms with Crippen LogP contribution >= 0.6 is 23.7 Å². The van der Waals surface area contributed by atoms with E-state index < -0.39 is 0 Å². The van der Waals surface area contributed by atoms with Crippen molar-refractivity contribution in [2.45, 2.75) is 12.5 Å². The number of halogens is 1. The van der Waals surface area contributed by atoms with Crippen LogP contribution in [0.15, 0.2) is 91.4 Å². The molecule has 0 fully saturated rings. The Labute approximate surface area is 203 Å². The summed E-state index contributed by atoms with van der Waals surface area (Å²) in [6.45, 7) is 0.590. The Morgan fingerprint density at radius 3 is 2.48 bits per heavy atom. The smallest absolute Gasteiger partial charge is 0.223 e. The molecule has 1 unspecified atom stereocenters. The molecule has 0 radical (unpaired) electrons. The minimum absolute atomic E-state index is 0. The van der Waals surface area contributed by atoms with Crippen molar-refractivity contribution in [1.29, 1.82) is 0 Å². The SMILES string of the molecule is Cl.NC(CNc1ncc(-c2cc3ccccc3s2)c(-c2ccncc2)n1)Cc1ccccc1. The number of aromatic nitrogens is 3. The van der Waals surface area contributed by atoms with E-state index >= 15 is 0 Å². The maximum absolute atomic E-state index is 6.34. The van der Waals surface area contributed by atoms with Gasteiger partial charge in [0.25, 0.3) is 0 Å². The van der Waals surface area contributed by atoms with Gasteiger partial charge < -0.3 is 11.1 Å². The Balaban J connectivity index is 0.00000259. The topological polar surface area (TPSA) is 76.7 Å². The summed E-state index contributed by atoms with van der Waals surface area (Å²) in [4.78, 5) is 14.8. The van der Waals surface area contributed by atoms with Gasteiger partial charge in [-0.2, -0.15) is 0 Å². The van der Waals surface area contributed by atoms with Crippen molar-refractivity contribution in [2.75, 3.05) is 11.9 Å². The van der Waals surface area contributed by atoms with Gasteiger partial charge in [0.1, 0.15) is 0 Å². The molecule has 3 heterocycles. The Morgan fingerprint density at radius 2 is 1.70 bits per heavy atom. The van der Waals surface area contributed by atoms with E-state index in [1.807, 2.05) is 36.5 Å². The third kappa shape index (κ3) is 5.37. The first kappa shape index (κ1) is 22.9. The van der Waals surface area contributed by atoms with Crippen LogP contribution in [0.4, 0.5) is 5.95 Å². The van der Waals surface area contributed by atoms with E-state index in [0.29, 0.717) is 12.5 Å². The Hall–Kier alpha value is -3.32. The number of hydrogen-bond acceptors (Lipinski definition) is 6. The van der Waals surface area contributed by atoms with Gasteiger partial charge in [0, 0.05) is 51.9 Å². The molecule has 166 valence electrons. The fourth-order valence-corrected chi connectivity index (χ4v) is 4.78. The summed E-state index contributed by atoms with van der Waals surface area (Å²) in [6, 6.07) is 24.8. The highest BCUT2D eigenvalue weighted by Gasteiger charge is 2.15. The summed E-state index contributed by atoms with van der Waals surface area (Å²) in [5.74, 6) is 0.574. The number of nitrogens with two attached hydrogens (primary N) is 1. The Morgan fingerprint density at radius 1 is 0.939 bits per heavy atom. The largest absolute Gasteiger partial charge is 0.353 e. The van der Waals surface area contributed by atoms with Crippen LogP contribution in [-0.4, -0.2) is 27.5 Å². The van der Waals surface area contributed by atoms with Crippen LogP contribution in [-0.2, 0) is 6.42 Å². The molecule has 33 heavy (non-hydrogen) atoms. The molecule has 0 bridgehead atoms. The molecule has 0 saturated heterocycles. The number of pyridine rings is 1. The number of anilines is 1. The molecular formula is C26H24ClN5S. The summed E-state index contributed by atoms with van der Waals surface area (Å²) in [6.07, 6.45) is 6.27. The number of rotatable bonds is 7. The van der Waals surface area contributed by atoms with Gasteiger partial charge in [-0.1, -0.05) is 48.5 Å². The first-order chi connectivity index (χ1) is 15.8. The van der Waals surface area contributed by atoms with Gasteiger partial charge in [0.05, 0.1) is 5.69 Å². The lowest BCUT2D eigenvalue weighted by Gasteiger charge is -2.14. The lowest BCUT2D eigenvalue weighted by atomic mass is 10.1. The van der Waals surface area contributed by atoms with Crippen molar-refractivity contribution in [3.8, 4) is 21.7 Å². The fourth-order valence-electron chi connectivity index (χ4n) is 3.70. The molecule has 0 spiro atoms. The predicted octanol–water partition coefficient (Wildman–Crippen LogP) is 5.82. The van der Waals surface area contributed by atoms with Gasteiger partial charge in [-0.25, -0.2) is 9.97 Å². The van der Waals surface area contributed by atoms with Gasteiger partial charge in [0.2, 0.25) is 5.95 Å². The molecule has 2 aromatic carbocycles. The average molecular weight is 474 g/mol. The number of benzene rings is 2. The van der Waals surface area contributed by atoms with E-state index in [-0.39, 0.29) is 18.4 Å². The molecule has 7 heteroatoms. The fraction of sp³-hybridized carbons (Fsp3) is 0.115. The van der Waals surface area contributed by atoms with E-state index in [0.717, 1.165) is 28.1 Å². The Bertz CT molecular complexity index is 1290. The number of hydrogen-bond donors (Lipinski definition) is 2. The molecule has 3 N–H and O–H groups in total. The summed E-state index contributed by atoms with van der Waals surface area (Å²) in [7, 11) is 0. The molecule has 0 aliphatic carbocycles. The number of nitrogens with zero attached hydrogens (tertiary/aromatic N) is 3. The second-order valence-electron chi connectivity index (χ2n) is 7.67. The van der Waals surface area contributed by atoms with Gasteiger partial charge in [-0.3, -0.25) is 4.98 Å². The number of nitrogens with one attached hydrogen (secondary N) is 1. The maximum Gasteiger partial charge on any atom is 0.223 e. The summed E-state index contributed by atoms with van der Waals surface area (Å²) >= 11 is 1.75. The molecular weight excluding hydrogens is 450 g/mol. The minimum Gasteiger partial charge on any atom is -0.353 e. The highest BCUT2D eigenvalue weighted by Crippen LogP contribution is 2.38. The zero-order chi connectivity index (χ0) is 21.8. The van der Waals surface area contributed by atoms with Crippen LogP contribution in [0.5, 0.6) is 0 Å². The summed E-state index contributed by atoms with van der Waals surface area (Å²) in [5, 5.41) is 4.54. The minimum atomic E-state index is -0.0346. The monoisotopic (exact) mass is 473 g/mol. The van der Waals surface area contributed by atoms with E-state index in [4.69, 9.17) is 10.7 Å². The number of fused-ring (bicyclic) bond motifs is 1. The van der Waals surface area contributed by atoms with Gasteiger partial charge >= 0.3 is 0 Å². The van der Waals surface area contributed by atoms with Gasteiger partial charge in [-0.05, 0) is 41.6 Å². The maximum atomic E-state index is 6.34. The summed E-state index contributed by atoms with van der Waals surface area (Å²) < 4.78 is 1.25. The molecule has 0 aliphatic rings. The highest BCUT2D eigenvalue weighted by atomic mass is 35.5. The quantitative estimate of drug-likeness (QED) is 0.311. The van der Waals surface area contributed by atoms with Crippen molar-refractivity contribution in [3.05, 3.63) is 97.0 Å².